The van der Waals surface area contributed by atoms with Crippen LogP contribution in [0.15, 0.2) is 48.5 Å². The molecule has 0 bridgehead atoms. The topological polar surface area (TPSA) is 120 Å². The smallest absolute Gasteiger partial charge is 0.408 e. The first-order valence-corrected chi connectivity index (χ1v) is 11.2. The first-order chi connectivity index (χ1) is 16.8. The number of nitrogen functional groups attached to an aromatic ring is 1. The van der Waals surface area contributed by atoms with Crippen LogP contribution in [-0.4, -0.2) is 42.3 Å². The lowest BCUT2D eigenvalue weighted by Gasteiger charge is -2.34. The van der Waals surface area contributed by atoms with Crippen LogP contribution in [0, 0.1) is 23.7 Å². The number of carbonyl (C=O) groups excluding carboxylic acids is 3. The van der Waals surface area contributed by atoms with Crippen molar-refractivity contribution in [2.24, 2.45) is 0 Å². The van der Waals surface area contributed by atoms with Crippen molar-refractivity contribution >= 4 is 23.7 Å². The predicted octanol–water partition coefficient (Wildman–Crippen LogP) is 3.25. The maximum absolute atomic E-state index is 12.9. The first kappa shape index (κ1) is 27.8. The van der Waals surface area contributed by atoms with Crippen LogP contribution in [0.1, 0.15) is 56.1 Å². The van der Waals surface area contributed by atoms with Gasteiger partial charge in [-0.2, -0.15) is 0 Å². The van der Waals surface area contributed by atoms with E-state index in [1.54, 1.807) is 65.0 Å². The average Bonchev–Trinajstić information content (AvgIpc) is 2.79. The molecule has 0 aliphatic carbocycles. The van der Waals surface area contributed by atoms with Gasteiger partial charge in [-0.15, -0.1) is 0 Å². The number of rotatable bonds is 5. The molecule has 0 spiro atoms. The Bertz CT molecular complexity index is 1240. The van der Waals surface area contributed by atoms with Crippen LogP contribution >= 0.6 is 0 Å². The second-order valence-electron chi connectivity index (χ2n) is 9.44. The highest BCUT2D eigenvalue weighted by atomic mass is 16.6. The standard InChI is InChI=1S/C28H31N3O5/c1-27(2,3)36-26(34)31-28(4,5)23(25(33)35-6)30-24(32)21-17-15-19(16-18-21)11-7-8-12-20-13-9-10-14-22(20)29/h9-10,13-18,23H,29H2,1-6H3,(H,30,32)(H,31,34)/t23-/m1/s1. The summed E-state index contributed by atoms with van der Waals surface area (Å²) in [6.07, 6.45) is -0.725. The third-order valence-electron chi connectivity index (χ3n) is 4.83. The van der Waals surface area contributed by atoms with Gasteiger partial charge >= 0.3 is 12.1 Å². The van der Waals surface area contributed by atoms with Gasteiger partial charge in [0, 0.05) is 22.4 Å². The third-order valence-corrected chi connectivity index (χ3v) is 4.83. The lowest BCUT2D eigenvalue weighted by Crippen LogP contribution is -2.62. The van der Waals surface area contributed by atoms with Crippen molar-refractivity contribution in [3.8, 4) is 23.7 Å². The van der Waals surface area contributed by atoms with Crippen molar-refractivity contribution in [2.45, 2.75) is 51.8 Å². The van der Waals surface area contributed by atoms with Crippen molar-refractivity contribution in [1.82, 2.24) is 10.6 Å². The number of anilines is 1. The average molecular weight is 490 g/mol. The van der Waals surface area contributed by atoms with Gasteiger partial charge in [0.15, 0.2) is 0 Å². The molecule has 0 saturated carbocycles. The summed E-state index contributed by atoms with van der Waals surface area (Å²) < 4.78 is 10.1. The number of amides is 2. The van der Waals surface area contributed by atoms with E-state index < -0.39 is 35.2 Å². The van der Waals surface area contributed by atoms with Crippen molar-refractivity contribution in [2.75, 3.05) is 12.8 Å². The molecule has 0 aliphatic rings. The Kier molecular flexibility index (Phi) is 9.13. The largest absolute Gasteiger partial charge is 0.467 e. The number of hydrogen-bond acceptors (Lipinski definition) is 6. The van der Waals surface area contributed by atoms with Crippen LogP contribution in [0.25, 0.3) is 0 Å². The van der Waals surface area contributed by atoms with Crippen LogP contribution in [0.5, 0.6) is 0 Å². The van der Waals surface area contributed by atoms with Crippen molar-refractivity contribution in [3.63, 3.8) is 0 Å². The first-order valence-electron chi connectivity index (χ1n) is 11.2. The minimum absolute atomic E-state index is 0.297. The maximum atomic E-state index is 12.9. The Labute approximate surface area is 211 Å². The molecule has 2 aromatic rings. The molecular weight excluding hydrogens is 458 g/mol. The molecule has 0 unspecified atom stereocenters. The van der Waals surface area contributed by atoms with E-state index in [0.717, 1.165) is 0 Å². The van der Waals surface area contributed by atoms with Crippen molar-refractivity contribution in [1.29, 1.82) is 0 Å². The number of nitrogens with one attached hydrogen (secondary N) is 2. The predicted molar refractivity (Wildman–Crippen MR) is 138 cm³/mol. The van der Waals surface area contributed by atoms with Gasteiger partial charge in [0.05, 0.1) is 12.6 Å². The molecule has 0 saturated heterocycles. The van der Waals surface area contributed by atoms with Gasteiger partial charge in [-0.1, -0.05) is 24.0 Å². The molecule has 0 fully saturated rings. The van der Waals surface area contributed by atoms with Crippen LogP contribution in [0.4, 0.5) is 10.5 Å². The second-order valence-corrected chi connectivity index (χ2v) is 9.44. The highest BCUT2D eigenvalue weighted by molar-refractivity contribution is 5.97. The van der Waals surface area contributed by atoms with Crippen molar-refractivity contribution in [3.05, 3.63) is 65.2 Å². The molecule has 0 heterocycles. The molecule has 0 aliphatic heterocycles. The van der Waals surface area contributed by atoms with Crippen LogP contribution in [-0.2, 0) is 14.3 Å². The molecular formula is C28H31N3O5. The van der Waals surface area contributed by atoms with Crippen LogP contribution in [0.3, 0.4) is 0 Å². The van der Waals surface area contributed by atoms with E-state index in [1.165, 1.54) is 7.11 Å². The number of para-hydroxylation sites is 1. The quantitative estimate of drug-likeness (QED) is 0.337. The third kappa shape index (κ3) is 8.41. The summed E-state index contributed by atoms with van der Waals surface area (Å²) in [6.45, 7) is 8.33. The summed E-state index contributed by atoms with van der Waals surface area (Å²) >= 11 is 0. The molecule has 8 nitrogen and oxygen atoms in total. The number of hydrogen-bond donors (Lipinski definition) is 3. The van der Waals surface area contributed by atoms with Gasteiger partial charge in [0.2, 0.25) is 0 Å². The molecule has 0 radical (unpaired) electrons. The molecule has 8 heteroatoms. The van der Waals surface area contributed by atoms with Gasteiger partial charge in [0.1, 0.15) is 11.6 Å². The van der Waals surface area contributed by atoms with Gasteiger partial charge in [-0.25, -0.2) is 9.59 Å². The number of nitrogens with two attached hydrogens (primary N) is 1. The number of alkyl carbamates (subject to hydrolysis) is 1. The molecule has 0 aromatic heterocycles. The lowest BCUT2D eigenvalue weighted by atomic mass is 9.94. The zero-order chi connectivity index (χ0) is 26.9. The number of benzene rings is 2. The van der Waals surface area contributed by atoms with E-state index >= 15 is 0 Å². The molecule has 2 aromatic carbocycles. The zero-order valence-corrected chi connectivity index (χ0v) is 21.3. The van der Waals surface area contributed by atoms with E-state index in [1.807, 2.05) is 18.2 Å². The van der Waals surface area contributed by atoms with Gasteiger partial charge in [-0.05, 0) is 82.9 Å². The molecule has 188 valence electrons. The fraction of sp³-hybridized carbons (Fsp3) is 0.321. The summed E-state index contributed by atoms with van der Waals surface area (Å²) in [4.78, 5) is 37.6. The minimum atomic E-state index is -1.21. The summed E-state index contributed by atoms with van der Waals surface area (Å²) in [6, 6.07) is 12.5. The minimum Gasteiger partial charge on any atom is -0.467 e. The zero-order valence-electron chi connectivity index (χ0n) is 21.3. The lowest BCUT2D eigenvalue weighted by molar-refractivity contribution is -0.144. The molecule has 36 heavy (non-hydrogen) atoms. The fourth-order valence-electron chi connectivity index (χ4n) is 3.02. The van der Waals surface area contributed by atoms with Gasteiger partial charge in [0.25, 0.3) is 5.91 Å². The molecule has 4 N–H and O–H groups in total. The summed E-state index contributed by atoms with van der Waals surface area (Å²) in [5.41, 5.74) is 6.14. The number of carbonyl (C=O) groups is 3. The van der Waals surface area contributed by atoms with Crippen molar-refractivity contribution < 1.29 is 23.9 Å². The SMILES string of the molecule is COC(=O)[C@@H](NC(=O)c1ccc(C#CC#Cc2ccccc2N)cc1)C(C)(C)NC(=O)OC(C)(C)C. The Morgan fingerprint density at radius 3 is 2.11 bits per heavy atom. The number of esters is 1. The van der Waals surface area contributed by atoms with Gasteiger partial charge in [-0.3, -0.25) is 4.79 Å². The Morgan fingerprint density at radius 2 is 1.53 bits per heavy atom. The summed E-state index contributed by atoms with van der Waals surface area (Å²) in [7, 11) is 1.20. The normalized spacial score (nSPS) is 11.5. The summed E-state index contributed by atoms with van der Waals surface area (Å²) in [5, 5.41) is 5.26. The second kappa shape index (κ2) is 11.8. The molecule has 1 atom stereocenters. The highest BCUT2D eigenvalue weighted by Crippen LogP contribution is 2.15. The molecule has 2 rings (SSSR count). The van der Waals surface area contributed by atoms with E-state index in [-0.39, 0.29) is 0 Å². The van der Waals surface area contributed by atoms with E-state index in [0.29, 0.717) is 22.4 Å². The van der Waals surface area contributed by atoms with Crippen LogP contribution < -0.4 is 16.4 Å². The van der Waals surface area contributed by atoms with E-state index in [4.69, 9.17) is 15.2 Å². The number of methoxy groups -OCH3 is 1. The number of ether oxygens (including phenoxy) is 2. The molecule has 2 amide bonds. The van der Waals surface area contributed by atoms with E-state index in [2.05, 4.69) is 34.3 Å². The Balaban J connectivity index is 2.12. The van der Waals surface area contributed by atoms with E-state index in [9.17, 15) is 14.4 Å². The maximum Gasteiger partial charge on any atom is 0.408 e. The monoisotopic (exact) mass is 489 g/mol. The Morgan fingerprint density at radius 1 is 0.917 bits per heavy atom. The highest BCUT2D eigenvalue weighted by Gasteiger charge is 2.39. The Hall–Kier alpha value is -4.43. The summed E-state index contributed by atoms with van der Waals surface area (Å²) in [5.74, 6) is 10.1. The fourth-order valence-corrected chi connectivity index (χ4v) is 3.02. The van der Waals surface area contributed by atoms with Crippen LogP contribution in [0.2, 0.25) is 0 Å². The van der Waals surface area contributed by atoms with Gasteiger partial charge < -0.3 is 25.8 Å².